The summed E-state index contributed by atoms with van der Waals surface area (Å²) >= 11 is 3.60. The van der Waals surface area contributed by atoms with Crippen molar-refractivity contribution in [2.75, 3.05) is 0 Å². The molecule has 2 aromatic rings. The minimum atomic E-state index is 0.190. The molecule has 1 aliphatic carbocycles. The van der Waals surface area contributed by atoms with E-state index in [0.29, 0.717) is 5.25 Å². The summed E-state index contributed by atoms with van der Waals surface area (Å²) in [7, 11) is 0. The van der Waals surface area contributed by atoms with Crippen LogP contribution in [0.25, 0.3) is 10.2 Å². The first-order valence-corrected chi connectivity index (χ1v) is 9.41. The standard InChI is InChI=1S/C17H20N2S2/c1-2-5-12-8-9-13(11-18)16(10-12)21-17-19-14-6-3-4-7-15(14)20-17/h3-4,6-7,12-13,16H,2,5,8-10H2,1H3. The van der Waals surface area contributed by atoms with Crippen LogP contribution >= 0.6 is 23.1 Å². The summed E-state index contributed by atoms with van der Waals surface area (Å²) in [5.74, 6) is 0.988. The number of hydrogen-bond donors (Lipinski definition) is 0. The van der Waals surface area contributed by atoms with Crippen molar-refractivity contribution in [1.29, 1.82) is 5.26 Å². The fourth-order valence-corrected chi connectivity index (χ4v) is 5.86. The summed E-state index contributed by atoms with van der Waals surface area (Å²) in [5, 5.41) is 9.83. The van der Waals surface area contributed by atoms with Crippen molar-refractivity contribution in [2.24, 2.45) is 11.8 Å². The van der Waals surface area contributed by atoms with Gasteiger partial charge in [0, 0.05) is 5.25 Å². The molecule has 1 fully saturated rings. The van der Waals surface area contributed by atoms with Crippen molar-refractivity contribution in [3.8, 4) is 6.07 Å². The number of nitriles is 1. The van der Waals surface area contributed by atoms with Crippen LogP contribution in [0.2, 0.25) is 0 Å². The maximum atomic E-state index is 9.42. The quantitative estimate of drug-likeness (QED) is 0.747. The number of benzene rings is 1. The summed E-state index contributed by atoms with van der Waals surface area (Å²) in [4.78, 5) is 4.72. The minimum absolute atomic E-state index is 0.190. The van der Waals surface area contributed by atoms with Crippen LogP contribution in [0.1, 0.15) is 39.0 Å². The Morgan fingerprint density at radius 3 is 3.00 bits per heavy atom. The molecule has 3 rings (SSSR count). The number of rotatable bonds is 4. The molecule has 0 aliphatic heterocycles. The zero-order valence-electron chi connectivity index (χ0n) is 12.3. The van der Waals surface area contributed by atoms with E-state index < -0.39 is 0 Å². The van der Waals surface area contributed by atoms with Gasteiger partial charge in [-0.2, -0.15) is 5.26 Å². The topological polar surface area (TPSA) is 36.7 Å². The van der Waals surface area contributed by atoms with Crippen molar-refractivity contribution in [2.45, 2.75) is 48.6 Å². The molecule has 21 heavy (non-hydrogen) atoms. The van der Waals surface area contributed by atoms with Gasteiger partial charge in [0.05, 0.1) is 22.2 Å². The zero-order chi connectivity index (χ0) is 14.7. The third-order valence-corrected chi connectivity index (χ3v) is 6.78. The lowest BCUT2D eigenvalue weighted by molar-refractivity contribution is 0.307. The van der Waals surface area contributed by atoms with Crippen LogP contribution in [0.4, 0.5) is 0 Å². The fourth-order valence-electron chi connectivity index (χ4n) is 3.19. The first-order valence-electron chi connectivity index (χ1n) is 7.72. The van der Waals surface area contributed by atoms with E-state index in [1.807, 2.05) is 17.8 Å². The molecular weight excluding hydrogens is 296 g/mol. The van der Waals surface area contributed by atoms with E-state index in [1.165, 1.54) is 30.4 Å². The van der Waals surface area contributed by atoms with Gasteiger partial charge in [-0.05, 0) is 37.3 Å². The molecule has 0 amide bonds. The third-order valence-electron chi connectivity index (χ3n) is 4.29. The van der Waals surface area contributed by atoms with Crippen LogP contribution in [0.3, 0.4) is 0 Å². The van der Waals surface area contributed by atoms with Crippen molar-refractivity contribution >= 4 is 33.3 Å². The van der Waals surface area contributed by atoms with E-state index in [4.69, 9.17) is 4.98 Å². The molecule has 110 valence electrons. The Labute approximate surface area is 134 Å². The largest absolute Gasteiger partial charge is 0.230 e. The van der Waals surface area contributed by atoms with Crippen molar-refractivity contribution in [3.05, 3.63) is 24.3 Å². The molecule has 3 unspecified atom stereocenters. The second-order valence-electron chi connectivity index (χ2n) is 5.81. The van der Waals surface area contributed by atoms with Crippen LogP contribution in [0.5, 0.6) is 0 Å². The van der Waals surface area contributed by atoms with Crippen LogP contribution in [0.15, 0.2) is 28.6 Å². The van der Waals surface area contributed by atoms with Crippen LogP contribution in [-0.4, -0.2) is 10.2 Å². The van der Waals surface area contributed by atoms with E-state index in [0.717, 1.165) is 22.2 Å². The maximum Gasteiger partial charge on any atom is 0.151 e. The summed E-state index contributed by atoms with van der Waals surface area (Å²) in [5.41, 5.74) is 1.08. The van der Waals surface area contributed by atoms with Gasteiger partial charge in [-0.3, -0.25) is 0 Å². The van der Waals surface area contributed by atoms with Crippen molar-refractivity contribution < 1.29 is 0 Å². The van der Waals surface area contributed by atoms with Gasteiger partial charge in [-0.1, -0.05) is 43.7 Å². The predicted molar refractivity (Wildman–Crippen MR) is 90.6 cm³/mol. The van der Waals surface area contributed by atoms with E-state index in [1.54, 1.807) is 11.3 Å². The van der Waals surface area contributed by atoms with E-state index in [-0.39, 0.29) is 5.92 Å². The Kier molecular flexibility index (Phi) is 4.82. The highest BCUT2D eigenvalue weighted by molar-refractivity contribution is 8.01. The second-order valence-corrected chi connectivity index (χ2v) is 8.32. The van der Waals surface area contributed by atoms with Crippen LogP contribution < -0.4 is 0 Å². The molecule has 1 aromatic carbocycles. The number of aromatic nitrogens is 1. The zero-order valence-corrected chi connectivity index (χ0v) is 13.9. The second kappa shape index (κ2) is 6.81. The molecule has 1 saturated carbocycles. The van der Waals surface area contributed by atoms with E-state index in [9.17, 15) is 5.26 Å². The van der Waals surface area contributed by atoms with Gasteiger partial charge >= 0.3 is 0 Å². The van der Waals surface area contributed by atoms with Gasteiger partial charge in [-0.15, -0.1) is 11.3 Å². The highest BCUT2D eigenvalue weighted by Gasteiger charge is 2.31. The maximum absolute atomic E-state index is 9.42. The van der Waals surface area contributed by atoms with Crippen molar-refractivity contribution in [3.63, 3.8) is 0 Å². The number of thioether (sulfide) groups is 1. The molecular formula is C17H20N2S2. The van der Waals surface area contributed by atoms with Gasteiger partial charge in [-0.25, -0.2) is 4.98 Å². The summed E-state index contributed by atoms with van der Waals surface area (Å²) in [6.45, 7) is 2.26. The van der Waals surface area contributed by atoms with Gasteiger partial charge in [0.1, 0.15) is 0 Å². The highest BCUT2D eigenvalue weighted by atomic mass is 32.2. The number of hydrogen-bond acceptors (Lipinski definition) is 4. The Morgan fingerprint density at radius 2 is 2.24 bits per heavy atom. The third kappa shape index (κ3) is 3.41. The van der Waals surface area contributed by atoms with Gasteiger partial charge in [0.15, 0.2) is 4.34 Å². The lowest BCUT2D eigenvalue weighted by Crippen LogP contribution is -2.26. The molecule has 0 N–H and O–H groups in total. The number of nitrogens with zero attached hydrogens (tertiary/aromatic N) is 2. The Balaban J connectivity index is 1.75. The van der Waals surface area contributed by atoms with Gasteiger partial charge < -0.3 is 0 Å². The number of fused-ring (bicyclic) bond motifs is 1. The average molecular weight is 316 g/mol. The average Bonchev–Trinajstić information content (AvgIpc) is 2.90. The Morgan fingerprint density at radius 1 is 1.38 bits per heavy atom. The van der Waals surface area contributed by atoms with Gasteiger partial charge in [0.25, 0.3) is 0 Å². The predicted octanol–water partition coefficient (Wildman–Crippen LogP) is 5.50. The lowest BCUT2D eigenvalue weighted by atomic mass is 9.80. The molecule has 3 atom stereocenters. The Hall–Kier alpha value is -1.05. The molecule has 0 bridgehead atoms. The van der Waals surface area contributed by atoms with E-state index in [2.05, 4.69) is 31.2 Å². The molecule has 0 saturated heterocycles. The molecule has 1 heterocycles. The molecule has 1 aromatic heterocycles. The number of thiazole rings is 1. The molecule has 4 heteroatoms. The fraction of sp³-hybridized carbons (Fsp3) is 0.529. The monoisotopic (exact) mass is 316 g/mol. The normalized spacial score (nSPS) is 25.8. The summed E-state index contributed by atoms with van der Waals surface area (Å²) < 4.78 is 2.37. The first kappa shape index (κ1) is 14.9. The van der Waals surface area contributed by atoms with Crippen LogP contribution in [-0.2, 0) is 0 Å². The van der Waals surface area contributed by atoms with Gasteiger partial charge in [0.2, 0.25) is 0 Å². The molecule has 0 radical (unpaired) electrons. The van der Waals surface area contributed by atoms with Crippen molar-refractivity contribution in [1.82, 2.24) is 4.98 Å². The smallest absolute Gasteiger partial charge is 0.151 e. The molecule has 1 aliphatic rings. The first-order chi connectivity index (χ1) is 10.3. The van der Waals surface area contributed by atoms with Crippen LogP contribution in [0, 0.1) is 23.2 Å². The SMILES string of the molecule is CCCC1CCC(C#N)C(Sc2nc3ccccc3s2)C1. The highest BCUT2D eigenvalue weighted by Crippen LogP contribution is 2.42. The summed E-state index contributed by atoms with van der Waals surface area (Å²) in [6.07, 6.45) is 6.01. The van der Waals surface area contributed by atoms with E-state index >= 15 is 0 Å². The lowest BCUT2D eigenvalue weighted by Gasteiger charge is -2.31. The Bertz CT molecular complexity index is 611. The number of para-hydroxylation sites is 1. The summed E-state index contributed by atoms with van der Waals surface area (Å²) in [6, 6.07) is 10.8. The molecule has 2 nitrogen and oxygen atoms in total. The molecule has 0 spiro atoms. The minimum Gasteiger partial charge on any atom is -0.230 e.